The molecule has 0 saturated carbocycles. The van der Waals surface area contributed by atoms with Gasteiger partial charge in [0.1, 0.15) is 0 Å². The highest BCUT2D eigenvalue weighted by atomic mass is 32.2. The summed E-state index contributed by atoms with van der Waals surface area (Å²) in [5, 5.41) is 5.08. The molecule has 1 aromatic heterocycles. The first-order valence-corrected chi connectivity index (χ1v) is 10.4. The summed E-state index contributed by atoms with van der Waals surface area (Å²) >= 11 is 3.35. The van der Waals surface area contributed by atoms with E-state index >= 15 is 0 Å². The number of thioether (sulfide) groups is 1. The first kappa shape index (κ1) is 16.3. The van der Waals surface area contributed by atoms with Gasteiger partial charge in [-0.05, 0) is 18.2 Å². The average Bonchev–Trinajstić information content (AvgIpc) is 2.70. The van der Waals surface area contributed by atoms with Crippen LogP contribution in [0.1, 0.15) is 25.1 Å². The summed E-state index contributed by atoms with van der Waals surface area (Å²) in [6, 6.07) is 2.22. The Hall–Kier alpha value is -0.0800. The van der Waals surface area contributed by atoms with Crippen LogP contribution in [0.25, 0.3) is 0 Å². The molecule has 0 aromatic carbocycles. The first-order valence-electron chi connectivity index (χ1n) is 6.89. The van der Waals surface area contributed by atoms with E-state index in [0.29, 0.717) is 24.0 Å². The second kappa shape index (κ2) is 7.26. The predicted octanol–water partition coefficient (Wildman–Crippen LogP) is 2.37. The van der Waals surface area contributed by atoms with E-state index in [0.717, 1.165) is 29.3 Å². The van der Waals surface area contributed by atoms with Gasteiger partial charge >= 0.3 is 0 Å². The number of sulfonamides is 1. The molecule has 0 radical (unpaired) electrons. The fraction of sp³-hybridized carbons (Fsp3) is 0.692. The van der Waals surface area contributed by atoms with Crippen molar-refractivity contribution in [1.29, 1.82) is 0 Å². The normalized spacial score (nSPS) is 18.4. The van der Waals surface area contributed by atoms with Crippen molar-refractivity contribution in [2.45, 2.75) is 37.8 Å². The highest BCUT2D eigenvalue weighted by molar-refractivity contribution is 7.99. The molecule has 2 heterocycles. The van der Waals surface area contributed by atoms with Crippen LogP contribution in [0.5, 0.6) is 0 Å². The van der Waals surface area contributed by atoms with Crippen LogP contribution in [0.15, 0.2) is 16.3 Å². The van der Waals surface area contributed by atoms with Gasteiger partial charge in [-0.25, -0.2) is 8.42 Å². The zero-order valence-corrected chi connectivity index (χ0v) is 14.4. The molecule has 2 rings (SSSR count). The van der Waals surface area contributed by atoms with Crippen molar-refractivity contribution >= 4 is 33.1 Å². The molecule has 0 spiro atoms. The highest BCUT2D eigenvalue weighted by Gasteiger charge is 2.26. The van der Waals surface area contributed by atoms with Crippen LogP contribution < -0.4 is 5.32 Å². The molecule has 1 fully saturated rings. The third-order valence-electron chi connectivity index (χ3n) is 3.13. The number of thiophene rings is 1. The standard InChI is InChI=1S/C13H22N2O2S3/c1-11(2)14-9-12-8-13(10-19-12)20(16,17)15-4-3-6-18-7-5-15/h8,10-11,14H,3-7,9H2,1-2H3. The molecule has 1 N–H and O–H groups in total. The third-order valence-corrected chi connectivity index (χ3v) is 7.14. The zero-order valence-electron chi connectivity index (χ0n) is 12.0. The molecular weight excluding hydrogens is 312 g/mol. The zero-order chi connectivity index (χ0) is 14.6. The summed E-state index contributed by atoms with van der Waals surface area (Å²) in [5.74, 6) is 1.95. The third kappa shape index (κ3) is 4.21. The lowest BCUT2D eigenvalue weighted by atomic mass is 10.4. The summed E-state index contributed by atoms with van der Waals surface area (Å²) in [4.78, 5) is 1.52. The molecule has 0 unspecified atom stereocenters. The molecule has 20 heavy (non-hydrogen) atoms. The van der Waals surface area contributed by atoms with E-state index in [1.165, 1.54) is 11.3 Å². The van der Waals surface area contributed by atoms with E-state index in [-0.39, 0.29) is 0 Å². The van der Waals surface area contributed by atoms with Crippen LogP contribution in [-0.4, -0.2) is 43.4 Å². The average molecular weight is 335 g/mol. The maximum absolute atomic E-state index is 12.6. The molecule has 1 aliphatic rings. The molecule has 1 aliphatic heterocycles. The van der Waals surface area contributed by atoms with Gasteiger partial charge in [-0.1, -0.05) is 13.8 Å². The van der Waals surface area contributed by atoms with Gasteiger partial charge in [0, 0.05) is 41.7 Å². The van der Waals surface area contributed by atoms with Crippen LogP contribution in [0.4, 0.5) is 0 Å². The minimum absolute atomic E-state index is 0.403. The van der Waals surface area contributed by atoms with Gasteiger partial charge < -0.3 is 5.32 Å². The first-order chi connectivity index (χ1) is 9.50. The number of nitrogens with one attached hydrogen (secondary N) is 1. The number of hydrogen-bond acceptors (Lipinski definition) is 5. The SMILES string of the molecule is CC(C)NCc1cc(S(=O)(=O)N2CCCSCC2)cs1. The topological polar surface area (TPSA) is 49.4 Å². The monoisotopic (exact) mass is 334 g/mol. The molecule has 7 heteroatoms. The summed E-state index contributed by atoms with van der Waals surface area (Å²) in [5.41, 5.74) is 0. The fourth-order valence-corrected chi connectivity index (χ4v) is 5.70. The van der Waals surface area contributed by atoms with E-state index in [4.69, 9.17) is 0 Å². The van der Waals surface area contributed by atoms with Crippen LogP contribution in [0.2, 0.25) is 0 Å². The van der Waals surface area contributed by atoms with Gasteiger partial charge in [0.2, 0.25) is 10.0 Å². The van der Waals surface area contributed by atoms with E-state index < -0.39 is 10.0 Å². The number of hydrogen-bond donors (Lipinski definition) is 1. The summed E-state index contributed by atoms with van der Waals surface area (Å²) in [7, 11) is -3.30. The second-order valence-corrected chi connectivity index (χ2v) is 9.31. The molecule has 1 aromatic rings. The lowest BCUT2D eigenvalue weighted by molar-refractivity contribution is 0.435. The maximum Gasteiger partial charge on any atom is 0.243 e. The van der Waals surface area contributed by atoms with Gasteiger partial charge in [0.05, 0.1) is 4.90 Å². The molecule has 4 nitrogen and oxygen atoms in total. The van der Waals surface area contributed by atoms with Gasteiger partial charge in [0.25, 0.3) is 0 Å². The van der Waals surface area contributed by atoms with Crippen molar-refractivity contribution in [2.24, 2.45) is 0 Å². The summed E-state index contributed by atoms with van der Waals surface area (Å²) in [6.07, 6.45) is 0.940. The Bertz CT molecular complexity index is 517. The molecule has 1 saturated heterocycles. The molecular formula is C13H22N2O2S3. The van der Waals surface area contributed by atoms with E-state index in [2.05, 4.69) is 19.2 Å². The van der Waals surface area contributed by atoms with E-state index in [1.807, 2.05) is 17.8 Å². The molecule has 0 amide bonds. The Labute approximate surface area is 130 Å². The van der Waals surface area contributed by atoms with Gasteiger partial charge in [0.15, 0.2) is 0 Å². The van der Waals surface area contributed by atoms with E-state index in [9.17, 15) is 8.42 Å². The van der Waals surface area contributed by atoms with Crippen molar-refractivity contribution in [1.82, 2.24) is 9.62 Å². The van der Waals surface area contributed by atoms with Gasteiger partial charge in [-0.15, -0.1) is 11.3 Å². The quantitative estimate of drug-likeness (QED) is 0.898. The second-order valence-electron chi connectivity index (χ2n) is 5.15. The van der Waals surface area contributed by atoms with Crippen LogP contribution in [-0.2, 0) is 16.6 Å². The number of rotatable bonds is 5. The van der Waals surface area contributed by atoms with Gasteiger partial charge in [-0.3, -0.25) is 0 Å². The largest absolute Gasteiger partial charge is 0.310 e. The highest BCUT2D eigenvalue weighted by Crippen LogP contribution is 2.24. The van der Waals surface area contributed by atoms with Crippen molar-refractivity contribution in [3.8, 4) is 0 Å². The van der Waals surface area contributed by atoms with Crippen LogP contribution in [0, 0.1) is 0 Å². The maximum atomic E-state index is 12.6. The van der Waals surface area contributed by atoms with Gasteiger partial charge in [-0.2, -0.15) is 16.1 Å². The van der Waals surface area contributed by atoms with Crippen LogP contribution in [0.3, 0.4) is 0 Å². The minimum Gasteiger partial charge on any atom is -0.310 e. The predicted molar refractivity (Wildman–Crippen MR) is 87.0 cm³/mol. The Morgan fingerprint density at radius 2 is 2.15 bits per heavy atom. The summed E-state index contributed by atoms with van der Waals surface area (Å²) in [6.45, 7) is 6.17. The van der Waals surface area contributed by atoms with Crippen molar-refractivity contribution in [3.05, 3.63) is 16.3 Å². The Kier molecular flexibility index (Phi) is 5.92. The molecule has 0 bridgehead atoms. The molecule has 114 valence electrons. The Morgan fingerprint density at radius 1 is 1.35 bits per heavy atom. The summed E-state index contributed by atoms with van der Waals surface area (Å²) < 4.78 is 26.8. The molecule has 0 atom stereocenters. The van der Waals surface area contributed by atoms with Crippen LogP contribution >= 0.6 is 23.1 Å². The van der Waals surface area contributed by atoms with E-state index in [1.54, 1.807) is 9.69 Å². The Morgan fingerprint density at radius 3 is 2.90 bits per heavy atom. The van der Waals surface area contributed by atoms with Crippen molar-refractivity contribution in [2.75, 3.05) is 24.6 Å². The van der Waals surface area contributed by atoms with Crippen molar-refractivity contribution in [3.63, 3.8) is 0 Å². The Balaban J connectivity index is 2.08. The number of nitrogens with zero attached hydrogens (tertiary/aromatic N) is 1. The van der Waals surface area contributed by atoms with Crippen molar-refractivity contribution < 1.29 is 8.42 Å². The lowest BCUT2D eigenvalue weighted by Gasteiger charge is -2.18. The fourth-order valence-electron chi connectivity index (χ4n) is 2.01. The minimum atomic E-state index is -3.30. The lowest BCUT2D eigenvalue weighted by Crippen LogP contribution is -2.32. The smallest absolute Gasteiger partial charge is 0.243 e. The molecule has 0 aliphatic carbocycles.